The van der Waals surface area contributed by atoms with E-state index in [1.807, 2.05) is 38.1 Å². The molecule has 37 heavy (non-hydrogen) atoms. The van der Waals surface area contributed by atoms with Gasteiger partial charge in [0, 0.05) is 17.6 Å². The van der Waals surface area contributed by atoms with Crippen LogP contribution in [-0.2, 0) is 26.2 Å². The molecule has 9 heteroatoms. The first-order valence-electron chi connectivity index (χ1n) is 12.0. The van der Waals surface area contributed by atoms with Crippen LogP contribution in [0.1, 0.15) is 30.5 Å². The molecular formula is C28H32BrN3O4S. The van der Waals surface area contributed by atoms with Crippen molar-refractivity contribution in [3.8, 4) is 0 Å². The lowest BCUT2D eigenvalue weighted by molar-refractivity contribution is -0.139. The van der Waals surface area contributed by atoms with Crippen LogP contribution in [-0.4, -0.2) is 44.3 Å². The van der Waals surface area contributed by atoms with Gasteiger partial charge < -0.3 is 10.2 Å². The summed E-state index contributed by atoms with van der Waals surface area (Å²) in [5.41, 5.74) is 3.13. The first kappa shape index (κ1) is 28.4. The van der Waals surface area contributed by atoms with E-state index in [1.54, 1.807) is 50.2 Å². The molecule has 0 saturated heterocycles. The number of carbonyl (C=O) groups excluding carboxylic acids is 2. The number of rotatable bonds is 10. The van der Waals surface area contributed by atoms with Gasteiger partial charge in [0.05, 0.1) is 10.6 Å². The average molecular weight is 587 g/mol. The van der Waals surface area contributed by atoms with E-state index in [2.05, 4.69) is 21.2 Å². The number of nitrogens with zero attached hydrogens (tertiary/aromatic N) is 2. The largest absolute Gasteiger partial charge is 0.355 e. The minimum Gasteiger partial charge on any atom is -0.355 e. The Morgan fingerprint density at radius 3 is 2.24 bits per heavy atom. The standard InChI is InChI=1S/C28H32BrN3O4S/c1-5-30-28(34)22(4)31(18-23-9-6-8-21(3)16-23)27(33)19-32(25-11-7-10-24(29)17-25)37(35,36)26-14-12-20(2)13-15-26/h6-17,22H,5,18-19H2,1-4H3,(H,30,34)/t22-/m0/s1. The molecule has 0 aliphatic heterocycles. The minimum atomic E-state index is -4.09. The minimum absolute atomic E-state index is 0.0767. The predicted octanol–water partition coefficient (Wildman–Crippen LogP) is 4.81. The van der Waals surface area contributed by atoms with Gasteiger partial charge in [-0.15, -0.1) is 0 Å². The lowest BCUT2D eigenvalue weighted by Gasteiger charge is -2.32. The number of hydrogen-bond acceptors (Lipinski definition) is 4. The molecular weight excluding hydrogens is 554 g/mol. The first-order valence-corrected chi connectivity index (χ1v) is 14.2. The van der Waals surface area contributed by atoms with Crippen LogP contribution in [0.3, 0.4) is 0 Å². The smallest absolute Gasteiger partial charge is 0.264 e. The number of anilines is 1. The number of aryl methyl sites for hydroxylation is 2. The molecule has 3 aromatic carbocycles. The zero-order valence-corrected chi connectivity index (χ0v) is 23.8. The Morgan fingerprint density at radius 2 is 1.62 bits per heavy atom. The zero-order valence-electron chi connectivity index (χ0n) is 21.4. The van der Waals surface area contributed by atoms with Crippen molar-refractivity contribution in [3.63, 3.8) is 0 Å². The summed E-state index contributed by atoms with van der Waals surface area (Å²) in [4.78, 5) is 28.1. The van der Waals surface area contributed by atoms with Gasteiger partial charge in [0.15, 0.2) is 0 Å². The highest BCUT2D eigenvalue weighted by atomic mass is 79.9. The number of amides is 2. The third-order valence-electron chi connectivity index (χ3n) is 5.94. The fourth-order valence-electron chi connectivity index (χ4n) is 3.91. The second-order valence-corrected chi connectivity index (χ2v) is 11.7. The Bertz CT molecular complexity index is 1360. The van der Waals surface area contributed by atoms with Crippen molar-refractivity contribution >= 4 is 43.5 Å². The van der Waals surface area contributed by atoms with Crippen LogP contribution < -0.4 is 9.62 Å². The molecule has 3 aromatic rings. The molecule has 7 nitrogen and oxygen atoms in total. The van der Waals surface area contributed by atoms with Gasteiger partial charge in [-0.3, -0.25) is 13.9 Å². The van der Waals surface area contributed by atoms with Gasteiger partial charge in [-0.1, -0.05) is 69.5 Å². The average Bonchev–Trinajstić information content (AvgIpc) is 2.85. The molecule has 0 heterocycles. The number of hydrogen-bond donors (Lipinski definition) is 1. The highest BCUT2D eigenvalue weighted by molar-refractivity contribution is 9.10. The van der Waals surface area contributed by atoms with Crippen LogP contribution in [0.5, 0.6) is 0 Å². The number of nitrogens with one attached hydrogen (secondary N) is 1. The van der Waals surface area contributed by atoms with Crippen molar-refractivity contribution in [2.75, 3.05) is 17.4 Å². The number of halogens is 1. The number of sulfonamides is 1. The summed E-state index contributed by atoms with van der Waals surface area (Å²) in [6.07, 6.45) is 0. The van der Waals surface area contributed by atoms with Gasteiger partial charge in [0.25, 0.3) is 10.0 Å². The lowest BCUT2D eigenvalue weighted by atomic mass is 10.1. The lowest BCUT2D eigenvalue weighted by Crippen LogP contribution is -2.51. The molecule has 1 atom stereocenters. The second-order valence-electron chi connectivity index (χ2n) is 8.89. The SMILES string of the molecule is CCNC(=O)[C@H](C)N(Cc1cccc(C)c1)C(=O)CN(c1cccc(Br)c1)S(=O)(=O)c1ccc(C)cc1. The van der Waals surface area contributed by atoms with Crippen LogP contribution in [0.2, 0.25) is 0 Å². The van der Waals surface area contributed by atoms with Gasteiger partial charge in [-0.2, -0.15) is 0 Å². The van der Waals surface area contributed by atoms with Crippen molar-refractivity contribution < 1.29 is 18.0 Å². The summed E-state index contributed by atoms with van der Waals surface area (Å²) in [6, 6.07) is 20.1. The second kappa shape index (κ2) is 12.4. The molecule has 0 aliphatic carbocycles. The molecule has 0 fully saturated rings. The van der Waals surface area contributed by atoms with Crippen molar-refractivity contribution in [1.29, 1.82) is 0 Å². The van der Waals surface area contributed by atoms with E-state index in [0.29, 0.717) is 16.7 Å². The van der Waals surface area contributed by atoms with E-state index in [-0.39, 0.29) is 17.3 Å². The van der Waals surface area contributed by atoms with Crippen LogP contribution in [0.4, 0.5) is 5.69 Å². The quantitative estimate of drug-likeness (QED) is 0.370. The summed E-state index contributed by atoms with van der Waals surface area (Å²) in [5.74, 6) is -0.796. The topological polar surface area (TPSA) is 86.8 Å². The Kier molecular flexibility index (Phi) is 9.50. The maximum Gasteiger partial charge on any atom is 0.264 e. The molecule has 3 rings (SSSR count). The van der Waals surface area contributed by atoms with Gasteiger partial charge >= 0.3 is 0 Å². The normalized spacial score (nSPS) is 12.0. The van der Waals surface area contributed by atoms with Gasteiger partial charge in [0.1, 0.15) is 12.6 Å². The summed E-state index contributed by atoms with van der Waals surface area (Å²) in [5, 5.41) is 2.76. The number of carbonyl (C=O) groups is 2. The Labute approximate surface area is 227 Å². The fraction of sp³-hybridized carbons (Fsp3) is 0.286. The summed E-state index contributed by atoms with van der Waals surface area (Å²) < 4.78 is 29.3. The van der Waals surface area contributed by atoms with Crippen LogP contribution in [0.25, 0.3) is 0 Å². The Morgan fingerprint density at radius 1 is 0.946 bits per heavy atom. The van der Waals surface area contributed by atoms with E-state index in [4.69, 9.17) is 0 Å². The molecule has 196 valence electrons. The molecule has 0 radical (unpaired) electrons. The van der Waals surface area contributed by atoms with Crippen LogP contribution in [0.15, 0.2) is 82.2 Å². The van der Waals surface area contributed by atoms with Crippen molar-refractivity contribution in [3.05, 3.63) is 94.0 Å². The van der Waals surface area contributed by atoms with Gasteiger partial charge in [0.2, 0.25) is 11.8 Å². The van der Waals surface area contributed by atoms with E-state index in [0.717, 1.165) is 21.0 Å². The zero-order chi connectivity index (χ0) is 27.2. The molecule has 1 N–H and O–H groups in total. The van der Waals surface area contributed by atoms with Crippen molar-refractivity contribution in [2.24, 2.45) is 0 Å². The molecule has 0 bridgehead atoms. The molecule has 0 aromatic heterocycles. The summed E-state index contributed by atoms with van der Waals surface area (Å²) in [6.45, 7) is 7.39. The molecule has 0 saturated carbocycles. The van der Waals surface area contributed by atoms with Gasteiger partial charge in [-0.05, 0) is 63.6 Å². The predicted molar refractivity (Wildman–Crippen MR) is 150 cm³/mol. The monoisotopic (exact) mass is 585 g/mol. The fourth-order valence-corrected chi connectivity index (χ4v) is 5.70. The number of likely N-dealkylation sites (N-methyl/N-ethyl adjacent to an activating group) is 1. The van der Waals surface area contributed by atoms with Crippen LogP contribution >= 0.6 is 15.9 Å². The van der Waals surface area contributed by atoms with Crippen molar-refractivity contribution in [1.82, 2.24) is 10.2 Å². The van der Waals surface area contributed by atoms with E-state index >= 15 is 0 Å². The molecule has 2 amide bonds. The molecule has 0 aliphatic rings. The third kappa shape index (κ3) is 7.20. The first-order chi connectivity index (χ1) is 17.5. The van der Waals surface area contributed by atoms with E-state index in [1.165, 1.54) is 17.0 Å². The highest BCUT2D eigenvalue weighted by Crippen LogP contribution is 2.27. The molecule has 0 spiro atoms. The highest BCUT2D eigenvalue weighted by Gasteiger charge is 2.32. The molecule has 0 unspecified atom stereocenters. The summed E-state index contributed by atoms with van der Waals surface area (Å²) >= 11 is 3.40. The Hall–Kier alpha value is -3.17. The summed E-state index contributed by atoms with van der Waals surface area (Å²) in [7, 11) is -4.09. The van der Waals surface area contributed by atoms with Crippen molar-refractivity contribution in [2.45, 2.75) is 45.2 Å². The van der Waals surface area contributed by atoms with E-state index in [9.17, 15) is 18.0 Å². The van der Waals surface area contributed by atoms with Gasteiger partial charge in [-0.25, -0.2) is 8.42 Å². The maximum absolute atomic E-state index is 13.8. The third-order valence-corrected chi connectivity index (χ3v) is 8.22. The van der Waals surface area contributed by atoms with E-state index < -0.39 is 28.5 Å². The van der Waals surface area contributed by atoms with Crippen LogP contribution in [0, 0.1) is 13.8 Å². The Balaban J connectivity index is 2.03. The number of benzene rings is 3. The maximum atomic E-state index is 13.8.